The Morgan fingerprint density at radius 3 is 2.57 bits per heavy atom. The Labute approximate surface area is 122 Å². The molecule has 0 radical (unpaired) electrons. The van der Waals surface area contributed by atoms with Crippen molar-refractivity contribution in [3.05, 3.63) is 28.7 Å². The smallest absolute Gasteiger partial charge is 0.408 e. The molecule has 0 aliphatic heterocycles. The summed E-state index contributed by atoms with van der Waals surface area (Å²) in [5.74, 6) is -0.587. The standard InChI is InChI=1S/C14H18N2O4S/c17-14-15-12-8-7-11(9-13(12)20-14)21(18,19)16-10-5-3-1-2-4-6-10/h7-10,16H,1-6H2,(H,15,17). The lowest BCUT2D eigenvalue weighted by Gasteiger charge is -2.16. The molecule has 114 valence electrons. The zero-order valence-corrected chi connectivity index (χ0v) is 12.4. The monoisotopic (exact) mass is 310 g/mol. The van der Waals surface area contributed by atoms with Crippen LogP contribution in [0.25, 0.3) is 11.1 Å². The number of nitrogens with one attached hydrogen (secondary N) is 2. The first-order valence-electron chi connectivity index (χ1n) is 7.20. The van der Waals surface area contributed by atoms with Gasteiger partial charge in [-0.1, -0.05) is 25.7 Å². The molecule has 7 heteroatoms. The van der Waals surface area contributed by atoms with Gasteiger partial charge in [0.1, 0.15) is 0 Å². The second-order valence-electron chi connectivity index (χ2n) is 5.48. The Hall–Kier alpha value is -1.60. The van der Waals surface area contributed by atoms with Gasteiger partial charge >= 0.3 is 5.76 Å². The fourth-order valence-electron chi connectivity index (χ4n) is 2.78. The first-order chi connectivity index (χ1) is 10.0. The number of sulfonamides is 1. The molecule has 2 aromatic rings. The maximum Gasteiger partial charge on any atom is 0.417 e. The van der Waals surface area contributed by atoms with Gasteiger partial charge in [-0.2, -0.15) is 0 Å². The highest BCUT2D eigenvalue weighted by molar-refractivity contribution is 7.89. The molecule has 0 amide bonds. The highest BCUT2D eigenvalue weighted by atomic mass is 32.2. The molecule has 1 aromatic carbocycles. The summed E-state index contributed by atoms with van der Waals surface area (Å²) in [4.78, 5) is 13.7. The summed E-state index contributed by atoms with van der Waals surface area (Å²) in [7, 11) is -3.58. The van der Waals surface area contributed by atoms with Crippen LogP contribution >= 0.6 is 0 Å². The van der Waals surface area contributed by atoms with E-state index in [2.05, 4.69) is 9.71 Å². The summed E-state index contributed by atoms with van der Waals surface area (Å²) in [6.45, 7) is 0. The lowest BCUT2D eigenvalue weighted by molar-refractivity contribution is 0.509. The predicted octanol–water partition coefficient (Wildman–Crippen LogP) is 2.12. The van der Waals surface area contributed by atoms with Crippen LogP contribution in [0, 0.1) is 0 Å². The van der Waals surface area contributed by atoms with E-state index in [1.165, 1.54) is 25.0 Å². The molecule has 1 heterocycles. The van der Waals surface area contributed by atoms with E-state index in [0.717, 1.165) is 25.7 Å². The molecule has 3 rings (SSSR count). The number of hydrogen-bond donors (Lipinski definition) is 2. The lowest BCUT2D eigenvalue weighted by Crippen LogP contribution is -2.34. The van der Waals surface area contributed by atoms with Crippen LogP contribution in [0.2, 0.25) is 0 Å². The zero-order chi connectivity index (χ0) is 14.9. The molecular weight excluding hydrogens is 292 g/mol. The molecule has 0 spiro atoms. The van der Waals surface area contributed by atoms with E-state index in [9.17, 15) is 13.2 Å². The SMILES string of the molecule is O=c1[nH]c2ccc(S(=O)(=O)NC3CCCCCC3)cc2o1. The van der Waals surface area contributed by atoms with Gasteiger partial charge in [0.2, 0.25) is 10.0 Å². The van der Waals surface area contributed by atoms with Gasteiger partial charge in [-0.15, -0.1) is 0 Å². The van der Waals surface area contributed by atoms with Crippen molar-refractivity contribution in [2.75, 3.05) is 0 Å². The Balaban J connectivity index is 1.86. The van der Waals surface area contributed by atoms with Crippen molar-refractivity contribution in [1.29, 1.82) is 0 Å². The van der Waals surface area contributed by atoms with Crippen LogP contribution in [0.4, 0.5) is 0 Å². The minimum atomic E-state index is -3.58. The molecule has 1 aliphatic carbocycles. The fraction of sp³-hybridized carbons (Fsp3) is 0.500. The summed E-state index contributed by atoms with van der Waals surface area (Å²) < 4.78 is 32.5. The van der Waals surface area contributed by atoms with Gasteiger partial charge in [0.05, 0.1) is 10.4 Å². The molecule has 6 nitrogen and oxygen atoms in total. The third-order valence-electron chi connectivity index (χ3n) is 3.88. The van der Waals surface area contributed by atoms with Crippen LogP contribution in [-0.2, 0) is 10.0 Å². The first-order valence-corrected chi connectivity index (χ1v) is 8.68. The molecule has 0 atom stereocenters. The number of rotatable bonds is 3. The van der Waals surface area contributed by atoms with Crippen LogP contribution in [-0.4, -0.2) is 19.4 Å². The van der Waals surface area contributed by atoms with Crippen LogP contribution < -0.4 is 10.5 Å². The van der Waals surface area contributed by atoms with Crippen molar-refractivity contribution in [3.8, 4) is 0 Å². The number of H-pyrrole nitrogens is 1. The van der Waals surface area contributed by atoms with E-state index in [1.807, 2.05) is 0 Å². The third kappa shape index (κ3) is 3.19. The Morgan fingerprint density at radius 1 is 1.14 bits per heavy atom. The van der Waals surface area contributed by atoms with Crippen molar-refractivity contribution in [2.45, 2.75) is 49.5 Å². The number of aromatic nitrogens is 1. The maximum atomic E-state index is 12.4. The number of benzene rings is 1. The second kappa shape index (κ2) is 5.65. The van der Waals surface area contributed by atoms with E-state index >= 15 is 0 Å². The highest BCUT2D eigenvalue weighted by Crippen LogP contribution is 2.21. The minimum Gasteiger partial charge on any atom is -0.408 e. The average molecular weight is 310 g/mol. The van der Waals surface area contributed by atoms with E-state index in [0.29, 0.717) is 5.52 Å². The third-order valence-corrected chi connectivity index (χ3v) is 5.40. The fourth-order valence-corrected chi connectivity index (χ4v) is 4.10. The van der Waals surface area contributed by atoms with E-state index in [-0.39, 0.29) is 16.5 Å². The molecule has 1 fully saturated rings. The molecule has 0 unspecified atom stereocenters. The molecule has 0 bridgehead atoms. The topological polar surface area (TPSA) is 92.2 Å². The van der Waals surface area contributed by atoms with Gasteiger partial charge in [0, 0.05) is 12.1 Å². The second-order valence-corrected chi connectivity index (χ2v) is 7.20. The van der Waals surface area contributed by atoms with Crippen molar-refractivity contribution in [2.24, 2.45) is 0 Å². The van der Waals surface area contributed by atoms with Crippen molar-refractivity contribution in [3.63, 3.8) is 0 Å². The van der Waals surface area contributed by atoms with Crippen LogP contribution in [0.15, 0.2) is 32.3 Å². The molecule has 1 aromatic heterocycles. The molecule has 21 heavy (non-hydrogen) atoms. The Kier molecular flexibility index (Phi) is 3.86. The van der Waals surface area contributed by atoms with Crippen LogP contribution in [0.1, 0.15) is 38.5 Å². The van der Waals surface area contributed by atoms with Gasteiger partial charge in [-0.05, 0) is 25.0 Å². The van der Waals surface area contributed by atoms with Crippen molar-refractivity contribution >= 4 is 21.1 Å². The number of hydrogen-bond acceptors (Lipinski definition) is 4. The first kappa shape index (κ1) is 14.3. The normalized spacial score (nSPS) is 17.9. The average Bonchev–Trinajstić information content (AvgIpc) is 2.63. The van der Waals surface area contributed by atoms with Crippen LogP contribution in [0.5, 0.6) is 0 Å². The van der Waals surface area contributed by atoms with Gasteiger partial charge in [-0.25, -0.2) is 17.9 Å². The molecular formula is C14H18N2O4S. The molecule has 0 saturated heterocycles. The molecule has 1 aliphatic rings. The Bertz CT molecular complexity index is 783. The van der Waals surface area contributed by atoms with Gasteiger partial charge in [0.15, 0.2) is 5.58 Å². The van der Waals surface area contributed by atoms with Crippen molar-refractivity contribution in [1.82, 2.24) is 9.71 Å². The van der Waals surface area contributed by atoms with Crippen molar-refractivity contribution < 1.29 is 12.8 Å². The summed E-state index contributed by atoms with van der Waals surface area (Å²) in [5, 5.41) is 0. The van der Waals surface area contributed by atoms with E-state index in [1.54, 1.807) is 6.07 Å². The lowest BCUT2D eigenvalue weighted by atomic mass is 10.1. The van der Waals surface area contributed by atoms with Gasteiger partial charge in [0.25, 0.3) is 0 Å². The Morgan fingerprint density at radius 2 is 1.86 bits per heavy atom. The largest absolute Gasteiger partial charge is 0.417 e. The molecule has 2 N–H and O–H groups in total. The van der Waals surface area contributed by atoms with Gasteiger partial charge < -0.3 is 4.42 Å². The predicted molar refractivity (Wildman–Crippen MR) is 78.6 cm³/mol. The summed E-state index contributed by atoms with van der Waals surface area (Å²) in [5.41, 5.74) is 0.747. The summed E-state index contributed by atoms with van der Waals surface area (Å²) >= 11 is 0. The number of fused-ring (bicyclic) bond motifs is 1. The van der Waals surface area contributed by atoms with E-state index < -0.39 is 15.8 Å². The number of oxazole rings is 1. The van der Waals surface area contributed by atoms with Gasteiger partial charge in [-0.3, -0.25) is 4.98 Å². The van der Waals surface area contributed by atoms with E-state index in [4.69, 9.17) is 4.42 Å². The minimum absolute atomic E-state index is 0.00794. The summed E-state index contributed by atoms with van der Waals surface area (Å²) in [6, 6.07) is 4.40. The maximum absolute atomic E-state index is 12.4. The number of aromatic amines is 1. The van der Waals surface area contributed by atoms with Crippen LogP contribution in [0.3, 0.4) is 0 Å². The summed E-state index contributed by atoms with van der Waals surface area (Å²) in [6.07, 6.45) is 6.19. The molecule has 1 saturated carbocycles. The quantitative estimate of drug-likeness (QED) is 0.849. The highest BCUT2D eigenvalue weighted by Gasteiger charge is 2.21. The zero-order valence-electron chi connectivity index (χ0n) is 11.6.